The number of nitrogens with zero attached hydrogens (tertiary/aromatic N) is 1. The molecule has 1 aliphatic rings. The Hall–Kier alpha value is -4.41. The van der Waals surface area contributed by atoms with Crippen molar-refractivity contribution >= 4 is 29.2 Å². The van der Waals surface area contributed by atoms with Gasteiger partial charge in [-0.3, -0.25) is 9.69 Å². The predicted molar refractivity (Wildman–Crippen MR) is 152 cm³/mol. The Morgan fingerprint density at radius 2 is 1.70 bits per heavy atom. The highest BCUT2D eigenvalue weighted by molar-refractivity contribution is 6.01. The molecule has 0 radical (unpaired) electrons. The standard InChI is InChI=1S/C30H34N4O6/c1-19-6-4-5-7-24(19)32-30(37)33-25-13-8-20(15-28(25)38-2)14-27(35)26-16-22(31)17-34(26)18-40-23-11-9-21(10-12-23)29(36)39-3/h4-13,15,22,26H,14,16-18,31H2,1-3H3,(H2,32,33,37)/t22-,26-/m0/s1. The van der Waals surface area contributed by atoms with E-state index in [4.69, 9.17) is 19.9 Å². The molecule has 0 unspecified atom stereocenters. The first kappa shape index (κ1) is 28.6. The number of benzene rings is 3. The van der Waals surface area contributed by atoms with Crippen LogP contribution in [0.4, 0.5) is 16.2 Å². The maximum Gasteiger partial charge on any atom is 0.337 e. The minimum absolute atomic E-state index is 0.0117. The van der Waals surface area contributed by atoms with Crippen molar-refractivity contribution in [1.29, 1.82) is 0 Å². The minimum atomic E-state index is -0.422. The van der Waals surface area contributed by atoms with Crippen LogP contribution in [0.2, 0.25) is 0 Å². The number of urea groups is 1. The van der Waals surface area contributed by atoms with Gasteiger partial charge in [-0.05, 0) is 66.9 Å². The van der Waals surface area contributed by atoms with Crippen LogP contribution in [-0.4, -0.2) is 62.3 Å². The van der Waals surface area contributed by atoms with Crippen molar-refractivity contribution in [3.8, 4) is 11.5 Å². The van der Waals surface area contributed by atoms with Crippen LogP contribution in [0.15, 0.2) is 66.7 Å². The molecular formula is C30H34N4O6. The third kappa shape index (κ3) is 7.16. The molecule has 2 amide bonds. The third-order valence-corrected chi connectivity index (χ3v) is 6.77. The summed E-state index contributed by atoms with van der Waals surface area (Å²) < 4.78 is 16.1. The van der Waals surface area contributed by atoms with Gasteiger partial charge in [0.2, 0.25) is 0 Å². The molecule has 1 fully saturated rings. The van der Waals surface area contributed by atoms with Crippen LogP contribution in [0.3, 0.4) is 0 Å². The van der Waals surface area contributed by atoms with E-state index >= 15 is 0 Å². The highest BCUT2D eigenvalue weighted by Crippen LogP contribution is 2.28. The molecule has 40 heavy (non-hydrogen) atoms. The Morgan fingerprint density at radius 1 is 0.975 bits per heavy atom. The molecule has 210 valence electrons. The van der Waals surface area contributed by atoms with E-state index in [2.05, 4.69) is 10.6 Å². The fourth-order valence-corrected chi connectivity index (χ4v) is 4.64. The molecule has 0 aliphatic carbocycles. The molecule has 1 aliphatic heterocycles. The Labute approximate surface area is 233 Å². The predicted octanol–water partition coefficient (Wildman–Crippen LogP) is 3.98. The monoisotopic (exact) mass is 546 g/mol. The number of carbonyl (C=O) groups excluding carboxylic acids is 3. The van der Waals surface area contributed by atoms with Gasteiger partial charge in [-0.1, -0.05) is 24.3 Å². The molecule has 0 bridgehead atoms. The van der Waals surface area contributed by atoms with Gasteiger partial charge in [-0.2, -0.15) is 0 Å². The van der Waals surface area contributed by atoms with Gasteiger partial charge < -0.3 is 30.6 Å². The lowest BCUT2D eigenvalue weighted by atomic mass is 10.0. The van der Waals surface area contributed by atoms with E-state index in [1.165, 1.54) is 14.2 Å². The summed E-state index contributed by atoms with van der Waals surface area (Å²) in [5.41, 5.74) is 9.52. The van der Waals surface area contributed by atoms with E-state index in [0.29, 0.717) is 41.4 Å². The second-order valence-electron chi connectivity index (χ2n) is 9.64. The smallest absolute Gasteiger partial charge is 0.337 e. The summed E-state index contributed by atoms with van der Waals surface area (Å²) in [6, 6.07) is 18.4. The number of nitrogens with two attached hydrogens (primary N) is 1. The Kier molecular flexibility index (Phi) is 9.36. The summed E-state index contributed by atoms with van der Waals surface area (Å²) in [7, 11) is 2.84. The van der Waals surface area contributed by atoms with Gasteiger partial charge in [0.05, 0.1) is 31.5 Å². The number of carbonyl (C=O) groups is 3. The number of hydrogen-bond donors (Lipinski definition) is 3. The van der Waals surface area contributed by atoms with Gasteiger partial charge in [-0.15, -0.1) is 0 Å². The summed E-state index contributed by atoms with van der Waals surface area (Å²) in [6.07, 6.45) is 0.701. The highest BCUT2D eigenvalue weighted by atomic mass is 16.5. The van der Waals surface area contributed by atoms with E-state index in [9.17, 15) is 14.4 Å². The number of nitrogens with one attached hydrogen (secondary N) is 2. The van der Waals surface area contributed by atoms with Crippen LogP contribution in [0.1, 0.15) is 27.9 Å². The first-order chi connectivity index (χ1) is 19.3. The lowest BCUT2D eigenvalue weighted by Crippen LogP contribution is -2.39. The molecule has 3 aromatic rings. The largest absolute Gasteiger partial charge is 0.495 e. The van der Waals surface area contributed by atoms with E-state index < -0.39 is 18.0 Å². The number of amides is 2. The van der Waals surface area contributed by atoms with Gasteiger partial charge in [-0.25, -0.2) is 9.59 Å². The maximum atomic E-state index is 13.3. The minimum Gasteiger partial charge on any atom is -0.495 e. The molecule has 4 N–H and O–H groups in total. The lowest BCUT2D eigenvalue weighted by Gasteiger charge is -2.23. The summed E-state index contributed by atoms with van der Waals surface area (Å²) in [5, 5.41) is 5.63. The molecule has 0 aromatic heterocycles. The molecule has 1 saturated heterocycles. The van der Waals surface area contributed by atoms with E-state index in [1.54, 1.807) is 42.5 Å². The maximum absolute atomic E-state index is 13.3. The summed E-state index contributed by atoms with van der Waals surface area (Å²) >= 11 is 0. The van der Waals surface area contributed by atoms with Crippen LogP contribution in [0.25, 0.3) is 0 Å². The number of Topliss-reactive ketones (excluding diaryl/α,β-unsaturated/α-hetero) is 1. The number of methoxy groups -OCH3 is 2. The quantitative estimate of drug-likeness (QED) is 0.325. The summed E-state index contributed by atoms with van der Waals surface area (Å²) in [5.74, 6) is 0.605. The Bertz CT molecular complexity index is 1360. The average Bonchev–Trinajstić information content (AvgIpc) is 3.34. The fourth-order valence-electron chi connectivity index (χ4n) is 4.64. The second-order valence-corrected chi connectivity index (χ2v) is 9.64. The first-order valence-electron chi connectivity index (χ1n) is 12.9. The van der Waals surface area contributed by atoms with Gasteiger partial charge in [0.15, 0.2) is 5.78 Å². The van der Waals surface area contributed by atoms with Crippen LogP contribution in [-0.2, 0) is 16.0 Å². The van der Waals surface area contributed by atoms with E-state index in [0.717, 1.165) is 11.1 Å². The van der Waals surface area contributed by atoms with Gasteiger partial charge in [0.1, 0.15) is 18.2 Å². The van der Waals surface area contributed by atoms with Crippen LogP contribution in [0, 0.1) is 6.92 Å². The molecule has 10 heteroatoms. The number of ether oxygens (including phenoxy) is 3. The summed E-state index contributed by atoms with van der Waals surface area (Å²) in [4.78, 5) is 39.4. The number of likely N-dealkylation sites (tertiary alicyclic amines) is 1. The van der Waals surface area contributed by atoms with Crippen molar-refractivity contribution in [3.05, 3.63) is 83.4 Å². The first-order valence-corrected chi connectivity index (χ1v) is 12.9. The molecule has 0 spiro atoms. The Morgan fingerprint density at radius 3 is 2.40 bits per heavy atom. The zero-order valence-electron chi connectivity index (χ0n) is 22.8. The highest BCUT2D eigenvalue weighted by Gasteiger charge is 2.35. The number of para-hydroxylation sites is 1. The topological polar surface area (TPSA) is 132 Å². The number of hydrogen-bond acceptors (Lipinski definition) is 8. The van der Waals surface area contributed by atoms with Crippen LogP contribution in [0.5, 0.6) is 11.5 Å². The van der Waals surface area contributed by atoms with Crippen molar-refractivity contribution in [2.24, 2.45) is 5.73 Å². The van der Waals surface area contributed by atoms with Crippen LogP contribution >= 0.6 is 0 Å². The lowest BCUT2D eigenvalue weighted by molar-refractivity contribution is -0.123. The number of ketones is 1. The molecular weight excluding hydrogens is 512 g/mol. The van der Waals surface area contributed by atoms with Crippen molar-refractivity contribution < 1.29 is 28.6 Å². The normalized spacial score (nSPS) is 16.7. The van der Waals surface area contributed by atoms with Gasteiger partial charge in [0.25, 0.3) is 0 Å². The van der Waals surface area contributed by atoms with Gasteiger partial charge >= 0.3 is 12.0 Å². The zero-order chi connectivity index (χ0) is 28.6. The number of anilines is 2. The average molecular weight is 547 g/mol. The van der Waals surface area contributed by atoms with Crippen molar-refractivity contribution in [2.45, 2.75) is 31.8 Å². The number of aryl methyl sites for hydroxylation is 1. The van der Waals surface area contributed by atoms with E-state index in [1.807, 2.05) is 36.1 Å². The molecule has 1 heterocycles. The van der Waals surface area contributed by atoms with Gasteiger partial charge in [0, 0.05) is 24.7 Å². The van der Waals surface area contributed by atoms with Crippen LogP contribution < -0.4 is 25.8 Å². The van der Waals surface area contributed by atoms with Crippen molar-refractivity contribution in [1.82, 2.24) is 4.90 Å². The number of rotatable bonds is 10. The molecule has 4 rings (SSSR count). The van der Waals surface area contributed by atoms with Crippen molar-refractivity contribution in [3.63, 3.8) is 0 Å². The molecule has 3 aromatic carbocycles. The third-order valence-electron chi connectivity index (χ3n) is 6.77. The number of esters is 1. The second kappa shape index (κ2) is 13.1. The van der Waals surface area contributed by atoms with E-state index in [-0.39, 0.29) is 25.0 Å². The van der Waals surface area contributed by atoms with Crippen molar-refractivity contribution in [2.75, 3.05) is 38.1 Å². The SMILES string of the molecule is COC(=O)c1ccc(OCN2C[C@@H](N)C[C@H]2C(=O)Cc2ccc(NC(=O)Nc3ccccc3C)c(OC)c2)cc1. The fraction of sp³-hybridized carbons (Fsp3) is 0.300. The molecule has 2 atom stereocenters. The zero-order valence-corrected chi connectivity index (χ0v) is 22.8. The summed E-state index contributed by atoms with van der Waals surface area (Å²) in [6.45, 7) is 2.62. The Balaban J connectivity index is 1.36. The molecule has 10 nitrogen and oxygen atoms in total. The molecule has 0 saturated carbocycles.